The van der Waals surface area contributed by atoms with Gasteiger partial charge in [-0.1, -0.05) is 37.6 Å². The van der Waals surface area contributed by atoms with Gasteiger partial charge in [0.1, 0.15) is 0 Å². The highest BCUT2D eigenvalue weighted by molar-refractivity contribution is 5.38. The first-order chi connectivity index (χ1) is 12.1. The molecule has 146 valence electrons. The minimum atomic E-state index is -1.69. The summed E-state index contributed by atoms with van der Waals surface area (Å²) in [7, 11) is 0. The molecule has 4 heteroatoms. The molecule has 3 nitrogen and oxygen atoms in total. The lowest BCUT2D eigenvalue weighted by Gasteiger charge is -2.63. The van der Waals surface area contributed by atoms with E-state index in [4.69, 9.17) is 0 Å². The van der Waals surface area contributed by atoms with Crippen LogP contribution in [0.5, 0.6) is 0 Å². The predicted molar refractivity (Wildman–Crippen MR) is 99.2 cm³/mol. The number of fused-ring (bicyclic) bond motifs is 5. The molecule has 3 N–H and O–H groups in total. The molecule has 8 atom stereocenters. The first-order valence-corrected chi connectivity index (χ1v) is 10.2. The molecule has 0 aromatic rings. The van der Waals surface area contributed by atoms with Crippen molar-refractivity contribution in [3.8, 4) is 0 Å². The van der Waals surface area contributed by atoms with Crippen LogP contribution in [-0.2, 0) is 0 Å². The van der Waals surface area contributed by atoms with Gasteiger partial charge in [-0.25, -0.2) is 4.39 Å². The molecular weight excluding hydrogens is 331 g/mol. The van der Waals surface area contributed by atoms with Crippen molar-refractivity contribution in [2.45, 2.75) is 76.7 Å². The van der Waals surface area contributed by atoms with E-state index in [2.05, 4.69) is 6.08 Å². The lowest BCUT2D eigenvalue weighted by atomic mass is 9.44. The average Bonchev–Trinajstić information content (AvgIpc) is 2.77. The maximum atomic E-state index is 16.8. The summed E-state index contributed by atoms with van der Waals surface area (Å²) >= 11 is 0. The fourth-order valence-electron chi connectivity index (χ4n) is 7.47. The predicted octanol–water partition coefficient (Wildman–Crippen LogP) is 3.54. The SMILES string of the molecule is C[C@H]1C[C@H]2[C@@H]3CCC4=CCC=C[C@]4(C)[C@@]3(F)[C@@H](O)C[C@]2(C)[C@@]1(O)CCO. The Bertz CT molecular complexity index is 660. The van der Waals surface area contributed by atoms with E-state index in [1.807, 2.05) is 32.9 Å². The first-order valence-electron chi connectivity index (χ1n) is 10.2. The Balaban J connectivity index is 1.81. The summed E-state index contributed by atoms with van der Waals surface area (Å²) in [5, 5.41) is 32.2. The monoisotopic (exact) mass is 364 g/mol. The van der Waals surface area contributed by atoms with Crippen LogP contribution < -0.4 is 0 Å². The summed E-state index contributed by atoms with van der Waals surface area (Å²) in [4.78, 5) is 0. The van der Waals surface area contributed by atoms with Crippen molar-refractivity contribution in [3.05, 3.63) is 23.8 Å². The van der Waals surface area contributed by atoms with E-state index < -0.39 is 28.2 Å². The molecule has 0 aliphatic heterocycles. The van der Waals surface area contributed by atoms with Crippen molar-refractivity contribution in [3.63, 3.8) is 0 Å². The third kappa shape index (κ3) is 1.94. The van der Waals surface area contributed by atoms with Crippen molar-refractivity contribution in [2.24, 2.45) is 28.6 Å². The van der Waals surface area contributed by atoms with E-state index in [9.17, 15) is 15.3 Å². The maximum Gasteiger partial charge on any atom is 0.152 e. The molecule has 0 radical (unpaired) electrons. The topological polar surface area (TPSA) is 60.7 Å². The van der Waals surface area contributed by atoms with Crippen LogP contribution in [0.2, 0.25) is 0 Å². The molecule has 0 aromatic heterocycles. The fraction of sp³-hybridized carbons (Fsp3) is 0.818. The summed E-state index contributed by atoms with van der Waals surface area (Å²) in [5.41, 5.74) is -2.94. The molecule has 0 saturated heterocycles. The zero-order valence-electron chi connectivity index (χ0n) is 16.2. The number of aliphatic hydroxyl groups excluding tert-OH is 2. The molecule has 0 aromatic carbocycles. The molecule has 4 rings (SSSR count). The highest BCUT2D eigenvalue weighted by Gasteiger charge is 2.73. The molecule has 0 unspecified atom stereocenters. The van der Waals surface area contributed by atoms with Gasteiger partial charge in [0.15, 0.2) is 5.67 Å². The summed E-state index contributed by atoms with van der Waals surface area (Å²) in [6, 6.07) is 0. The van der Waals surface area contributed by atoms with Gasteiger partial charge in [-0.2, -0.15) is 0 Å². The van der Waals surface area contributed by atoms with Crippen LogP contribution in [-0.4, -0.2) is 39.3 Å². The number of rotatable bonds is 2. The zero-order valence-corrected chi connectivity index (χ0v) is 16.2. The van der Waals surface area contributed by atoms with Gasteiger partial charge >= 0.3 is 0 Å². The summed E-state index contributed by atoms with van der Waals surface area (Å²) in [6.07, 6.45) is 8.77. The molecular formula is C22H33FO3. The molecule has 0 heterocycles. The van der Waals surface area contributed by atoms with Crippen molar-refractivity contribution >= 4 is 0 Å². The Hall–Kier alpha value is -0.710. The molecule has 3 fully saturated rings. The van der Waals surface area contributed by atoms with Crippen LogP contribution in [0.4, 0.5) is 4.39 Å². The number of halogens is 1. The zero-order chi connectivity index (χ0) is 19.0. The van der Waals surface area contributed by atoms with Crippen LogP contribution in [0.3, 0.4) is 0 Å². The maximum absolute atomic E-state index is 16.8. The van der Waals surface area contributed by atoms with Crippen LogP contribution in [0.15, 0.2) is 23.8 Å². The largest absolute Gasteiger partial charge is 0.396 e. The number of hydrogen-bond acceptors (Lipinski definition) is 3. The molecule has 0 bridgehead atoms. The van der Waals surface area contributed by atoms with E-state index in [1.54, 1.807) is 0 Å². The molecule has 0 amide bonds. The van der Waals surface area contributed by atoms with Crippen molar-refractivity contribution < 1.29 is 19.7 Å². The van der Waals surface area contributed by atoms with Crippen LogP contribution in [0.25, 0.3) is 0 Å². The van der Waals surface area contributed by atoms with E-state index in [-0.39, 0.29) is 30.8 Å². The van der Waals surface area contributed by atoms with Gasteiger partial charge in [0.05, 0.1) is 11.7 Å². The summed E-state index contributed by atoms with van der Waals surface area (Å²) in [6.45, 7) is 5.90. The molecule has 4 aliphatic carbocycles. The second kappa shape index (κ2) is 5.65. The third-order valence-corrected chi connectivity index (χ3v) is 8.99. The highest BCUT2D eigenvalue weighted by Crippen LogP contribution is 2.71. The van der Waals surface area contributed by atoms with Gasteiger partial charge in [0.25, 0.3) is 0 Å². The van der Waals surface area contributed by atoms with Gasteiger partial charge < -0.3 is 15.3 Å². The van der Waals surface area contributed by atoms with Crippen molar-refractivity contribution in [1.29, 1.82) is 0 Å². The highest BCUT2D eigenvalue weighted by atomic mass is 19.1. The fourth-order valence-corrected chi connectivity index (χ4v) is 7.47. The normalized spacial score (nSPS) is 55.7. The van der Waals surface area contributed by atoms with Gasteiger partial charge in [0.2, 0.25) is 0 Å². The Morgan fingerprint density at radius 1 is 1.27 bits per heavy atom. The Morgan fingerprint density at radius 2 is 2.00 bits per heavy atom. The van der Waals surface area contributed by atoms with E-state index in [0.717, 1.165) is 31.3 Å². The van der Waals surface area contributed by atoms with E-state index >= 15 is 4.39 Å². The quantitative estimate of drug-likeness (QED) is 0.657. The van der Waals surface area contributed by atoms with Crippen molar-refractivity contribution in [1.82, 2.24) is 0 Å². The number of hydrogen-bond donors (Lipinski definition) is 3. The van der Waals surface area contributed by atoms with Gasteiger partial charge in [-0.05, 0) is 50.9 Å². The minimum absolute atomic E-state index is 0.00848. The Morgan fingerprint density at radius 3 is 2.69 bits per heavy atom. The summed E-state index contributed by atoms with van der Waals surface area (Å²) < 4.78 is 16.8. The number of alkyl halides is 1. The lowest BCUT2D eigenvalue weighted by molar-refractivity contribution is -0.222. The average molecular weight is 365 g/mol. The summed E-state index contributed by atoms with van der Waals surface area (Å²) in [5.74, 6) is -0.252. The lowest BCUT2D eigenvalue weighted by Crippen LogP contribution is -2.68. The Labute approximate surface area is 156 Å². The molecule has 0 spiro atoms. The molecule has 3 saturated carbocycles. The van der Waals surface area contributed by atoms with Crippen molar-refractivity contribution in [2.75, 3.05) is 6.61 Å². The minimum Gasteiger partial charge on any atom is -0.396 e. The van der Waals surface area contributed by atoms with Crippen LogP contribution in [0, 0.1) is 28.6 Å². The Kier molecular flexibility index (Phi) is 4.05. The smallest absolute Gasteiger partial charge is 0.152 e. The number of allylic oxidation sites excluding steroid dienone is 4. The first kappa shape index (κ1) is 18.6. The van der Waals surface area contributed by atoms with Crippen LogP contribution >= 0.6 is 0 Å². The third-order valence-electron chi connectivity index (χ3n) is 8.99. The van der Waals surface area contributed by atoms with Crippen LogP contribution in [0.1, 0.15) is 59.3 Å². The second-order valence-corrected chi connectivity index (χ2v) is 9.76. The molecule has 26 heavy (non-hydrogen) atoms. The van der Waals surface area contributed by atoms with Gasteiger partial charge in [-0.3, -0.25) is 0 Å². The van der Waals surface area contributed by atoms with E-state index in [1.165, 1.54) is 0 Å². The van der Waals surface area contributed by atoms with E-state index in [0.29, 0.717) is 6.42 Å². The second-order valence-electron chi connectivity index (χ2n) is 9.76. The van der Waals surface area contributed by atoms with Gasteiger partial charge in [-0.15, -0.1) is 0 Å². The van der Waals surface area contributed by atoms with Gasteiger partial charge in [0, 0.05) is 29.8 Å². The molecule has 4 aliphatic rings. The number of aliphatic hydroxyl groups is 3. The standard InChI is InChI=1S/C22H33FO3/c1-14-12-17-16-8-7-15-6-4-5-9-19(15,2)22(16,23)18(25)13-20(17,3)21(14,26)10-11-24/h5-6,9,14,16-18,24-26H,4,7-8,10-13H2,1-3H3/t14-,16-,17-,18-,19-,20-,21+,22-/m0/s1.